The highest BCUT2D eigenvalue weighted by molar-refractivity contribution is 6.04. The first-order valence-corrected chi connectivity index (χ1v) is 10.4. The van der Waals surface area contributed by atoms with Gasteiger partial charge in [-0.25, -0.2) is 9.97 Å². The minimum Gasteiger partial charge on any atom is -0.481 e. The lowest BCUT2D eigenvalue weighted by Gasteiger charge is -2.39. The lowest BCUT2D eigenvalue weighted by atomic mass is 9.83. The van der Waals surface area contributed by atoms with Crippen molar-refractivity contribution in [3.8, 4) is 17.8 Å². The highest BCUT2D eigenvalue weighted by atomic mass is 16.5. The molecule has 2 fully saturated rings. The van der Waals surface area contributed by atoms with Crippen LogP contribution in [0, 0.1) is 18.3 Å². The van der Waals surface area contributed by atoms with E-state index in [0.717, 1.165) is 25.0 Å². The van der Waals surface area contributed by atoms with Crippen molar-refractivity contribution < 1.29 is 14.3 Å². The number of ether oxygens (including phenoxy) is 2. The second-order valence-electron chi connectivity index (χ2n) is 8.21. The van der Waals surface area contributed by atoms with Gasteiger partial charge in [0.25, 0.3) is 0 Å². The maximum Gasteiger partial charge on any atom is 0.218 e. The van der Waals surface area contributed by atoms with Crippen molar-refractivity contribution in [2.75, 3.05) is 13.7 Å². The topological polar surface area (TPSA) is 97.1 Å². The van der Waals surface area contributed by atoms with Crippen molar-refractivity contribution in [3.05, 3.63) is 46.8 Å². The van der Waals surface area contributed by atoms with Crippen LogP contribution in [0.15, 0.2) is 24.4 Å². The van der Waals surface area contributed by atoms with Gasteiger partial charge >= 0.3 is 0 Å². The number of rotatable bonds is 6. The lowest BCUT2D eigenvalue weighted by Crippen LogP contribution is -2.58. The number of nitrogens with zero attached hydrogens (tertiary/aromatic N) is 3. The fraction of sp³-hybridized carbons (Fsp3) is 0.478. The Bertz CT molecular complexity index is 1000. The summed E-state index contributed by atoms with van der Waals surface area (Å²) >= 11 is 0. The molecule has 2 atom stereocenters. The molecule has 2 aromatic rings. The van der Waals surface area contributed by atoms with E-state index in [1.165, 1.54) is 0 Å². The van der Waals surface area contributed by atoms with E-state index < -0.39 is 5.60 Å². The van der Waals surface area contributed by atoms with E-state index in [-0.39, 0.29) is 11.7 Å². The highest BCUT2D eigenvalue weighted by Gasteiger charge is 2.46. The van der Waals surface area contributed by atoms with Gasteiger partial charge < -0.3 is 14.8 Å². The van der Waals surface area contributed by atoms with Crippen molar-refractivity contribution in [1.29, 1.82) is 5.26 Å². The summed E-state index contributed by atoms with van der Waals surface area (Å²) in [5, 5.41) is 12.8. The first-order valence-electron chi connectivity index (χ1n) is 10.4. The van der Waals surface area contributed by atoms with E-state index in [2.05, 4.69) is 28.3 Å². The van der Waals surface area contributed by atoms with Gasteiger partial charge in [0.1, 0.15) is 0 Å². The predicted molar refractivity (Wildman–Crippen MR) is 111 cm³/mol. The molecule has 4 rings (SSSR count). The molecule has 0 radical (unpaired) electrons. The standard InChI is InChI=1S/C23H26N4O3/c1-14-8-10-23(13-26-14,30-22-15(2)17(12-24)9-11-25-22)21(28)18-6-7-19(29-3)27-20(18)16-4-5-16/h6-7,9,11,14,16,26H,4-5,8,10,13H2,1-3H3/t14-,23-/m1/s1. The number of piperidine rings is 1. The number of methoxy groups -OCH3 is 1. The second kappa shape index (κ2) is 8.04. The number of carbonyl (C=O) groups is 1. The summed E-state index contributed by atoms with van der Waals surface area (Å²) in [6.07, 6.45) is 4.95. The third kappa shape index (κ3) is 3.75. The quantitative estimate of drug-likeness (QED) is 0.735. The minimum atomic E-state index is -1.10. The number of carbonyl (C=O) groups excluding carboxylic acids is 1. The number of pyridine rings is 2. The van der Waals surface area contributed by atoms with Gasteiger partial charge in [-0.1, -0.05) is 0 Å². The van der Waals surface area contributed by atoms with Crippen LogP contribution in [0.5, 0.6) is 11.8 Å². The highest BCUT2D eigenvalue weighted by Crippen LogP contribution is 2.43. The minimum absolute atomic E-state index is 0.0949. The van der Waals surface area contributed by atoms with E-state index in [1.807, 2.05) is 0 Å². The van der Waals surface area contributed by atoms with Gasteiger partial charge in [0.15, 0.2) is 5.60 Å². The van der Waals surface area contributed by atoms with Gasteiger partial charge in [0.2, 0.25) is 17.5 Å². The normalized spacial score (nSPS) is 23.5. The van der Waals surface area contributed by atoms with Crippen LogP contribution in [0.25, 0.3) is 0 Å². The number of Topliss-reactive ketones (excluding diaryl/α,β-unsaturated/α-hetero) is 1. The van der Waals surface area contributed by atoms with Gasteiger partial charge in [-0.05, 0) is 51.7 Å². The summed E-state index contributed by atoms with van der Waals surface area (Å²) in [5.74, 6) is 1.03. The van der Waals surface area contributed by atoms with Crippen molar-refractivity contribution in [1.82, 2.24) is 15.3 Å². The molecular weight excluding hydrogens is 380 g/mol. The number of nitriles is 1. The SMILES string of the molecule is COc1ccc(C(=O)[C@@]2(Oc3nccc(C#N)c3C)CC[C@@H](C)NC2)c(C2CC2)n1. The smallest absolute Gasteiger partial charge is 0.218 e. The molecule has 0 amide bonds. The van der Waals surface area contributed by atoms with E-state index in [4.69, 9.17) is 9.47 Å². The maximum atomic E-state index is 13.9. The molecule has 2 aliphatic rings. The van der Waals surface area contributed by atoms with E-state index in [0.29, 0.717) is 47.5 Å². The van der Waals surface area contributed by atoms with Crippen LogP contribution in [0.3, 0.4) is 0 Å². The molecular formula is C23H26N4O3. The van der Waals surface area contributed by atoms with Gasteiger partial charge in [-0.3, -0.25) is 4.79 Å². The van der Waals surface area contributed by atoms with Crippen LogP contribution >= 0.6 is 0 Å². The zero-order chi connectivity index (χ0) is 21.3. The van der Waals surface area contributed by atoms with Gasteiger partial charge in [-0.2, -0.15) is 5.26 Å². The molecule has 156 valence electrons. The first kappa shape index (κ1) is 20.3. The third-order valence-corrected chi connectivity index (χ3v) is 6.02. The Balaban J connectivity index is 1.75. The molecule has 0 bridgehead atoms. The Hall–Kier alpha value is -2.98. The molecule has 2 aromatic heterocycles. The van der Waals surface area contributed by atoms with Crippen molar-refractivity contribution >= 4 is 5.78 Å². The molecule has 7 nitrogen and oxygen atoms in total. The predicted octanol–water partition coefficient (Wildman–Crippen LogP) is 3.32. The molecule has 3 heterocycles. The van der Waals surface area contributed by atoms with Crippen LogP contribution in [0.1, 0.15) is 65.7 Å². The molecule has 7 heteroatoms. The zero-order valence-corrected chi connectivity index (χ0v) is 17.6. The number of nitrogens with one attached hydrogen (secondary N) is 1. The van der Waals surface area contributed by atoms with Crippen molar-refractivity contribution in [3.63, 3.8) is 0 Å². The summed E-state index contributed by atoms with van der Waals surface area (Å²) < 4.78 is 11.6. The van der Waals surface area contributed by atoms with Crippen LogP contribution in [0.2, 0.25) is 0 Å². The zero-order valence-electron chi connectivity index (χ0n) is 17.6. The van der Waals surface area contributed by atoms with E-state index >= 15 is 0 Å². The number of hydrogen-bond donors (Lipinski definition) is 1. The molecule has 1 aliphatic carbocycles. The summed E-state index contributed by atoms with van der Waals surface area (Å²) in [6.45, 7) is 4.27. The Morgan fingerprint density at radius 2 is 2.10 bits per heavy atom. The Morgan fingerprint density at radius 1 is 1.30 bits per heavy atom. The average molecular weight is 406 g/mol. The summed E-state index contributed by atoms with van der Waals surface area (Å²) in [5.41, 5.74) is 1.41. The third-order valence-electron chi connectivity index (χ3n) is 6.02. The Kier molecular flexibility index (Phi) is 5.44. The number of hydrogen-bond acceptors (Lipinski definition) is 7. The van der Waals surface area contributed by atoms with Crippen LogP contribution < -0.4 is 14.8 Å². The molecule has 1 saturated heterocycles. The van der Waals surface area contributed by atoms with Crippen LogP contribution in [0.4, 0.5) is 0 Å². The lowest BCUT2D eigenvalue weighted by molar-refractivity contribution is 0.0259. The Labute approximate surface area is 176 Å². The summed E-state index contributed by atoms with van der Waals surface area (Å²) in [6, 6.07) is 7.63. The monoisotopic (exact) mass is 406 g/mol. The first-order chi connectivity index (χ1) is 14.5. The molecule has 30 heavy (non-hydrogen) atoms. The van der Waals surface area contributed by atoms with E-state index in [1.54, 1.807) is 38.4 Å². The van der Waals surface area contributed by atoms with Gasteiger partial charge in [0.05, 0.1) is 24.4 Å². The Morgan fingerprint density at radius 3 is 2.73 bits per heavy atom. The molecule has 0 unspecified atom stereocenters. The molecule has 0 spiro atoms. The van der Waals surface area contributed by atoms with Crippen molar-refractivity contribution in [2.45, 2.75) is 57.1 Å². The van der Waals surface area contributed by atoms with Crippen LogP contribution in [-0.4, -0.2) is 41.0 Å². The van der Waals surface area contributed by atoms with Crippen molar-refractivity contribution in [2.24, 2.45) is 0 Å². The fourth-order valence-electron chi connectivity index (χ4n) is 3.91. The summed E-state index contributed by atoms with van der Waals surface area (Å²) in [4.78, 5) is 22.8. The second-order valence-corrected chi connectivity index (χ2v) is 8.21. The summed E-state index contributed by atoms with van der Waals surface area (Å²) in [7, 11) is 1.58. The van der Waals surface area contributed by atoms with Gasteiger partial charge in [-0.15, -0.1) is 0 Å². The van der Waals surface area contributed by atoms with E-state index in [9.17, 15) is 10.1 Å². The molecule has 1 aliphatic heterocycles. The van der Waals surface area contributed by atoms with Gasteiger partial charge in [0, 0.05) is 41.9 Å². The average Bonchev–Trinajstić information content (AvgIpc) is 3.61. The molecule has 0 aromatic carbocycles. The number of ketones is 1. The maximum absolute atomic E-state index is 13.9. The van der Waals surface area contributed by atoms with Crippen LogP contribution in [-0.2, 0) is 0 Å². The number of aromatic nitrogens is 2. The fourth-order valence-corrected chi connectivity index (χ4v) is 3.91. The molecule has 1 N–H and O–H groups in total. The largest absolute Gasteiger partial charge is 0.481 e. The molecule has 1 saturated carbocycles.